The van der Waals surface area contributed by atoms with E-state index in [-0.39, 0.29) is 36.9 Å². The summed E-state index contributed by atoms with van der Waals surface area (Å²) in [5.41, 5.74) is 1.69. The highest BCUT2D eigenvalue weighted by atomic mass is 16.3. The maximum absolute atomic E-state index is 15.7. The summed E-state index contributed by atoms with van der Waals surface area (Å²) in [6.45, 7) is 54.9. The molecule has 4 aromatic rings. The van der Waals surface area contributed by atoms with Crippen LogP contribution in [0, 0.1) is 0 Å². The van der Waals surface area contributed by atoms with Gasteiger partial charge in [0.25, 0.3) is 0 Å². The zero-order chi connectivity index (χ0) is 53.9. The summed E-state index contributed by atoms with van der Waals surface area (Å²) in [7, 11) is 0. The first-order chi connectivity index (χ1) is 30.5. The average Bonchev–Trinajstić information content (AvgIpc) is 3.08. The number of aromatic hydroxyl groups is 3. The molecule has 4 rings (SSSR count). The molecular weight excluding hydrogens is 859 g/mol. The molecule has 0 aliphatic carbocycles. The Bertz CT molecular complexity index is 2480. The number of phenols is 3. The minimum absolute atomic E-state index is 0.123. The summed E-state index contributed by atoms with van der Waals surface area (Å²) in [6.07, 6.45) is 0. The van der Waals surface area contributed by atoms with Gasteiger partial charge in [-0.05, 0) is 98.8 Å². The predicted molar refractivity (Wildman–Crippen MR) is 289 cm³/mol. The van der Waals surface area contributed by atoms with Crippen molar-refractivity contribution in [3.05, 3.63) is 116 Å². The van der Waals surface area contributed by atoms with Crippen LogP contribution in [-0.4, -0.2) is 29.0 Å². The van der Waals surface area contributed by atoms with E-state index in [1.807, 2.05) is 80.5 Å². The molecule has 0 fully saturated rings. The molecule has 3 aromatic carbocycles. The molecule has 384 valence electrons. The van der Waals surface area contributed by atoms with E-state index in [0.29, 0.717) is 33.4 Å². The summed E-state index contributed by atoms with van der Waals surface area (Å²) in [5, 5.41) is 37.1. The van der Waals surface area contributed by atoms with E-state index in [4.69, 9.17) is 0 Å². The Kier molecular flexibility index (Phi) is 14.6. The number of rotatable bonds is 6. The van der Waals surface area contributed by atoms with Crippen molar-refractivity contribution in [2.75, 3.05) is 0 Å². The second-order valence-corrected chi connectivity index (χ2v) is 29.4. The Morgan fingerprint density at radius 3 is 0.580 bits per heavy atom. The Morgan fingerprint density at radius 1 is 0.290 bits per heavy atom. The van der Waals surface area contributed by atoms with Gasteiger partial charge in [-0.3, -0.25) is 0 Å². The molecule has 1 heterocycles. The summed E-state index contributed by atoms with van der Waals surface area (Å²) in [4.78, 5) is 47.1. The minimum atomic E-state index is -0.794. The van der Waals surface area contributed by atoms with Crippen molar-refractivity contribution in [2.45, 2.75) is 255 Å². The van der Waals surface area contributed by atoms with Gasteiger partial charge in [-0.15, -0.1) is 0 Å². The standard InChI is InChI=1S/C60H93N3O6/c1-52(2,3)37-28-40(55(10,11)12)46(64)43(58(19,20)21)34(37)31-61-49(67)62(32-35-38(53(4,5)6)29-41(56(13,14)15)47(65)44(35)59(22,23)24)51(69)63(50(61)68)33-36-39(54(7,8)9)30-42(57(16,17)18)48(66)45(36)60(25,26)27/h28-30,64-66H,31-33H2,1-27H3. The largest absolute Gasteiger partial charge is 0.507 e. The van der Waals surface area contributed by atoms with E-state index in [9.17, 15) is 15.3 Å². The third kappa shape index (κ3) is 11.3. The number of benzene rings is 3. The summed E-state index contributed by atoms with van der Waals surface area (Å²) < 4.78 is 3.52. The lowest BCUT2D eigenvalue weighted by Crippen LogP contribution is -2.55. The minimum Gasteiger partial charge on any atom is -0.507 e. The van der Waals surface area contributed by atoms with E-state index in [0.717, 1.165) is 33.4 Å². The van der Waals surface area contributed by atoms with Crippen LogP contribution < -0.4 is 17.1 Å². The Balaban J connectivity index is 2.42. The van der Waals surface area contributed by atoms with Crippen molar-refractivity contribution in [1.29, 1.82) is 0 Å². The van der Waals surface area contributed by atoms with Crippen LogP contribution in [0.25, 0.3) is 0 Å². The molecule has 0 radical (unpaired) electrons. The number of hydrogen-bond acceptors (Lipinski definition) is 6. The molecule has 9 heteroatoms. The molecule has 0 unspecified atom stereocenters. The van der Waals surface area contributed by atoms with Gasteiger partial charge in [-0.25, -0.2) is 28.1 Å². The quantitative estimate of drug-likeness (QED) is 0.177. The highest BCUT2D eigenvalue weighted by Gasteiger charge is 2.38. The molecule has 0 spiro atoms. The van der Waals surface area contributed by atoms with Crippen molar-refractivity contribution in [1.82, 2.24) is 13.7 Å². The third-order valence-corrected chi connectivity index (χ3v) is 13.7. The molecule has 69 heavy (non-hydrogen) atoms. The monoisotopic (exact) mass is 952 g/mol. The number of nitrogens with zero attached hydrogens (tertiary/aromatic N) is 3. The van der Waals surface area contributed by atoms with Gasteiger partial charge in [0.15, 0.2) is 0 Å². The smallest absolute Gasteiger partial charge is 0.336 e. The van der Waals surface area contributed by atoms with Crippen LogP contribution >= 0.6 is 0 Å². The predicted octanol–water partition coefficient (Wildman–Crippen LogP) is 13.1. The highest BCUT2D eigenvalue weighted by molar-refractivity contribution is 5.59. The normalized spacial score (nSPS) is 14.0. The van der Waals surface area contributed by atoms with Crippen LogP contribution in [0.3, 0.4) is 0 Å². The molecule has 3 N–H and O–H groups in total. The molecule has 0 saturated heterocycles. The fraction of sp³-hybridized carbons (Fsp3) is 0.650. The second kappa shape index (κ2) is 17.6. The molecule has 0 saturated carbocycles. The van der Waals surface area contributed by atoms with Crippen molar-refractivity contribution in [2.24, 2.45) is 0 Å². The van der Waals surface area contributed by atoms with Crippen molar-refractivity contribution < 1.29 is 15.3 Å². The van der Waals surface area contributed by atoms with Gasteiger partial charge < -0.3 is 15.3 Å². The van der Waals surface area contributed by atoms with E-state index in [1.54, 1.807) is 0 Å². The van der Waals surface area contributed by atoms with E-state index >= 15 is 14.4 Å². The number of aromatic nitrogens is 3. The average molecular weight is 952 g/mol. The van der Waals surface area contributed by atoms with Crippen LogP contribution in [-0.2, 0) is 68.4 Å². The molecule has 0 bridgehead atoms. The van der Waals surface area contributed by atoms with Gasteiger partial charge in [0.1, 0.15) is 17.2 Å². The van der Waals surface area contributed by atoms with Gasteiger partial charge in [0.2, 0.25) is 0 Å². The highest BCUT2D eigenvalue weighted by Crippen LogP contribution is 2.49. The lowest BCUT2D eigenvalue weighted by molar-refractivity contribution is 0.410. The van der Waals surface area contributed by atoms with Crippen molar-refractivity contribution >= 4 is 0 Å². The first-order valence-corrected chi connectivity index (χ1v) is 25.1. The fourth-order valence-corrected chi connectivity index (χ4v) is 10.3. The number of phenolic OH excluding ortho intramolecular Hbond substituents is 3. The fourth-order valence-electron chi connectivity index (χ4n) is 10.3. The summed E-state index contributed by atoms with van der Waals surface area (Å²) >= 11 is 0. The van der Waals surface area contributed by atoms with Crippen LogP contribution in [0.4, 0.5) is 0 Å². The molecule has 0 aliphatic rings. The zero-order valence-corrected chi connectivity index (χ0v) is 48.3. The maximum atomic E-state index is 15.7. The van der Waals surface area contributed by atoms with Crippen molar-refractivity contribution in [3.8, 4) is 17.2 Å². The summed E-state index contributed by atoms with van der Waals surface area (Å²) in [5.74, 6) is 0.369. The lowest BCUT2D eigenvalue weighted by Gasteiger charge is -2.36. The van der Waals surface area contributed by atoms with Gasteiger partial charge >= 0.3 is 17.1 Å². The van der Waals surface area contributed by atoms with Crippen LogP contribution in [0.1, 0.15) is 254 Å². The summed E-state index contributed by atoms with van der Waals surface area (Å²) in [6, 6.07) is 6.07. The van der Waals surface area contributed by atoms with Gasteiger partial charge in [-0.1, -0.05) is 205 Å². The topological polar surface area (TPSA) is 127 Å². The molecule has 0 amide bonds. The first-order valence-electron chi connectivity index (χ1n) is 25.1. The molecule has 0 atom stereocenters. The Labute approximate surface area is 416 Å². The lowest BCUT2D eigenvalue weighted by atomic mass is 9.71. The van der Waals surface area contributed by atoms with E-state index in [1.165, 1.54) is 13.7 Å². The Morgan fingerprint density at radius 2 is 0.449 bits per heavy atom. The SMILES string of the molecule is CC(C)(C)c1cc(C(C)(C)C)c(Cn2c(=O)n(Cc3c(C(C)(C)C)cc(C(C)(C)C)c(O)c3C(C)(C)C)c(=O)n(Cc3c(C(C)(C)C)cc(C(C)(C)C)c(O)c3C(C)(C)C)c2=O)c(C(C)(C)C)c1O. The Hall–Kier alpha value is -4.53. The zero-order valence-electron chi connectivity index (χ0n) is 48.3. The third-order valence-electron chi connectivity index (χ3n) is 13.7. The van der Waals surface area contributed by atoms with Crippen LogP contribution in [0.5, 0.6) is 17.2 Å². The van der Waals surface area contributed by atoms with E-state index < -0.39 is 65.8 Å². The van der Waals surface area contributed by atoms with Crippen LogP contribution in [0.15, 0.2) is 32.6 Å². The van der Waals surface area contributed by atoms with Crippen LogP contribution in [0.2, 0.25) is 0 Å². The number of hydrogen-bond donors (Lipinski definition) is 3. The molecule has 0 aliphatic heterocycles. The van der Waals surface area contributed by atoms with Gasteiger partial charge in [0, 0.05) is 16.7 Å². The first kappa shape index (κ1) is 57.1. The molecular formula is C60H93N3O6. The van der Waals surface area contributed by atoms with Gasteiger partial charge in [-0.2, -0.15) is 0 Å². The molecule has 9 nitrogen and oxygen atoms in total. The van der Waals surface area contributed by atoms with E-state index in [2.05, 4.69) is 125 Å². The molecule has 1 aromatic heterocycles. The maximum Gasteiger partial charge on any atom is 0.336 e. The van der Waals surface area contributed by atoms with Gasteiger partial charge in [0.05, 0.1) is 19.6 Å². The van der Waals surface area contributed by atoms with Crippen molar-refractivity contribution in [3.63, 3.8) is 0 Å². The second-order valence-electron chi connectivity index (χ2n) is 29.4.